The zero-order valence-electron chi connectivity index (χ0n) is 23.7. The highest BCUT2D eigenvalue weighted by Gasteiger charge is 2.37. The molecule has 1 aromatic carbocycles. The van der Waals surface area contributed by atoms with Crippen LogP contribution in [0, 0.1) is 5.92 Å². The Morgan fingerprint density at radius 2 is 1.85 bits per heavy atom. The number of amides is 2. The van der Waals surface area contributed by atoms with E-state index in [4.69, 9.17) is 5.73 Å². The number of piperidine rings is 1. The van der Waals surface area contributed by atoms with Crippen LogP contribution in [0.2, 0.25) is 0 Å². The predicted molar refractivity (Wildman–Crippen MR) is 159 cm³/mol. The normalized spacial score (nSPS) is 18.1. The van der Waals surface area contributed by atoms with E-state index in [1.807, 2.05) is 43.3 Å². The van der Waals surface area contributed by atoms with E-state index < -0.39 is 16.1 Å². The van der Waals surface area contributed by atoms with Crippen molar-refractivity contribution < 1.29 is 18.0 Å². The second kappa shape index (κ2) is 13.2. The first-order valence-corrected chi connectivity index (χ1v) is 15.5. The molecule has 2 amide bonds. The minimum atomic E-state index is -4.28. The van der Waals surface area contributed by atoms with Crippen LogP contribution in [-0.4, -0.2) is 47.7 Å². The molecule has 10 nitrogen and oxygen atoms in total. The first kappa shape index (κ1) is 30.1. The van der Waals surface area contributed by atoms with Gasteiger partial charge in [0.15, 0.2) is 0 Å². The van der Waals surface area contributed by atoms with E-state index >= 15 is 0 Å². The summed E-state index contributed by atoms with van der Waals surface area (Å²) in [4.78, 5) is 36.5. The van der Waals surface area contributed by atoms with Gasteiger partial charge in [-0.05, 0) is 42.4 Å². The molecule has 4 N–H and O–H groups in total. The zero-order valence-corrected chi connectivity index (χ0v) is 24.5. The number of nitrogens with one attached hydrogen (secondary N) is 2. The topological polar surface area (TPSA) is 147 Å². The van der Waals surface area contributed by atoms with Gasteiger partial charge < -0.3 is 16.0 Å². The molecule has 0 saturated carbocycles. The van der Waals surface area contributed by atoms with E-state index in [9.17, 15) is 18.0 Å². The van der Waals surface area contributed by atoms with Crippen molar-refractivity contribution >= 4 is 33.3 Å². The number of anilines is 2. The third-order valence-electron chi connectivity index (χ3n) is 7.39. The molecule has 1 aliphatic rings. The van der Waals surface area contributed by atoms with Crippen LogP contribution in [0.15, 0.2) is 66.0 Å². The number of rotatable bonds is 10. The lowest BCUT2D eigenvalue weighted by Crippen LogP contribution is -2.51. The highest BCUT2D eigenvalue weighted by Crippen LogP contribution is 2.36. The first-order chi connectivity index (χ1) is 19.6. The summed E-state index contributed by atoms with van der Waals surface area (Å²) in [5, 5.41) is 2.76. The standard InChI is InChI=1S/C30H38N6O4S/c1-4-9-24(30(38)36-15-14-20(3)16-25(36)22-12-13-27(31)33-17-22)35-41(39,40)26-19-32-18-23(21-10-7-6-8-11-21)29(26)34-28(37)5-2/h6-8,10-13,17-20,24-25,35H,4-5,9,14-16H2,1-3H3,(H2,31,33)(H,32,34,37)/t20-,24?,25-/m0/s1. The van der Waals surface area contributed by atoms with Gasteiger partial charge in [0, 0.05) is 37.1 Å². The zero-order chi connectivity index (χ0) is 29.6. The maximum atomic E-state index is 14.0. The lowest BCUT2D eigenvalue weighted by atomic mass is 9.88. The Balaban J connectivity index is 1.70. The van der Waals surface area contributed by atoms with E-state index in [-0.39, 0.29) is 34.9 Å². The van der Waals surface area contributed by atoms with Crippen molar-refractivity contribution in [2.24, 2.45) is 5.92 Å². The number of nitrogens with zero attached hydrogens (tertiary/aromatic N) is 3. The monoisotopic (exact) mass is 578 g/mol. The Labute approximate surface area is 241 Å². The van der Waals surface area contributed by atoms with Crippen molar-refractivity contribution in [3.63, 3.8) is 0 Å². The second-order valence-electron chi connectivity index (χ2n) is 10.5. The second-order valence-corrected chi connectivity index (χ2v) is 12.2. The van der Waals surface area contributed by atoms with Crippen LogP contribution in [0.3, 0.4) is 0 Å². The van der Waals surface area contributed by atoms with Gasteiger partial charge in [0.1, 0.15) is 16.8 Å². The maximum Gasteiger partial charge on any atom is 0.244 e. The average Bonchev–Trinajstić information content (AvgIpc) is 2.97. The third kappa shape index (κ3) is 7.09. The quantitative estimate of drug-likeness (QED) is 0.320. The van der Waals surface area contributed by atoms with Crippen LogP contribution in [0.5, 0.6) is 0 Å². The summed E-state index contributed by atoms with van der Waals surface area (Å²) in [5.74, 6) is 0.146. The molecule has 11 heteroatoms. The van der Waals surface area contributed by atoms with Gasteiger partial charge in [0.05, 0.1) is 11.7 Å². The summed E-state index contributed by atoms with van der Waals surface area (Å²) in [7, 11) is -4.28. The summed E-state index contributed by atoms with van der Waals surface area (Å²) in [6, 6.07) is 11.5. The molecule has 1 saturated heterocycles. The predicted octanol–water partition coefficient (Wildman–Crippen LogP) is 4.52. The summed E-state index contributed by atoms with van der Waals surface area (Å²) in [5.41, 5.74) is 7.95. The Bertz CT molecular complexity index is 1460. The van der Waals surface area contributed by atoms with Crippen molar-refractivity contribution in [3.8, 4) is 11.1 Å². The fourth-order valence-corrected chi connectivity index (χ4v) is 6.50. The van der Waals surface area contributed by atoms with Gasteiger partial charge in [-0.3, -0.25) is 14.6 Å². The highest BCUT2D eigenvalue weighted by atomic mass is 32.2. The van der Waals surface area contributed by atoms with Crippen LogP contribution in [-0.2, 0) is 19.6 Å². The Kier molecular flexibility index (Phi) is 9.72. The van der Waals surface area contributed by atoms with Gasteiger partial charge in [-0.15, -0.1) is 0 Å². The molecule has 3 atom stereocenters. The average molecular weight is 579 g/mol. The van der Waals surface area contributed by atoms with Gasteiger partial charge in [0.25, 0.3) is 0 Å². The van der Waals surface area contributed by atoms with Crippen LogP contribution in [0.4, 0.5) is 11.5 Å². The number of pyridine rings is 2. The lowest BCUT2D eigenvalue weighted by Gasteiger charge is -2.40. The van der Waals surface area contributed by atoms with Crippen LogP contribution >= 0.6 is 0 Å². The van der Waals surface area contributed by atoms with Crippen LogP contribution in [0.1, 0.15) is 64.5 Å². The number of benzene rings is 1. The molecule has 0 spiro atoms. The van der Waals surface area contributed by atoms with E-state index in [1.54, 1.807) is 24.1 Å². The number of hydrogen-bond donors (Lipinski definition) is 3. The van der Waals surface area contributed by atoms with Crippen LogP contribution in [0.25, 0.3) is 11.1 Å². The number of nitrogens with two attached hydrogens (primary N) is 1. The SMILES string of the molecule is CCCC(NS(=O)(=O)c1cncc(-c2ccccc2)c1NC(=O)CC)C(=O)N1CC[C@H](C)C[C@H]1c1ccc(N)nc1. The van der Waals surface area contributed by atoms with Gasteiger partial charge in [-0.25, -0.2) is 13.4 Å². The summed E-state index contributed by atoms with van der Waals surface area (Å²) >= 11 is 0. The Morgan fingerprint density at radius 1 is 1.10 bits per heavy atom. The maximum absolute atomic E-state index is 14.0. The molecule has 218 valence electrons. The fourth-order valence-electron chi connectivity index (χ4n) is 5.15. The van der Waals surface area contributed by atoms with Gasteiger partial charge in [-0.1, -0.05) is 63.6 Å². The van der Waals surface area contributed by atoms with Crippen LogP contribution < -0.4 is 15.8 Å². The van der Waals surface area contributed by atoms with E-state index in [0.717, 1.165) is 18.4 Å². The molecule has 3 heterocycles. The molecule has 1 unspecified atom stereocenters. The van der Waals surface area contributed by atoms with E-state index in [2.05, 4.69) is 26.9 Å². The molecule has 3 aromatic rings. The lowest BCUT2D eigenvalue weighted by molar-refractivity contribution is -0.137. The van der Waals surface area contributed by atoms with Crippen molar-refractivity contribution in [3.05, 3.63) is 66.6 Å². The molecular weight excluding hydrogens is 540 g/mol. The van der Waals surface area contributed by atoms with Crippen molar-refractivity contribution in [2.75, 3.05) is 17.6 Å². The molecule has 0 radical (unpaired) electrons. The minimum absolute atomic E-state index is 0.130. The number of carbonyl (C=O) groups is 2. The van der Waals surface area contributed by atoms with E-state index in [0.29, 0.717) is 42.2 Å². The largest absolute Gasteiger partial charge is 0.384 e. The van der Waals surface area contributed by atoms with Gasteiger partial charge in [-0.2, -0.15) is 4.72 Å². The molecule has 41 heavy (non-hydrogen) atoms. The highest BCUT2D eigenvalue weighted by molar-refractivity contribution is 7.89. The van der Waals surface area contributed by atoms with Crippen molar-refractivity contribution in [1.82, 2.24) is 19.6 Å². The summed E-state index contributed by atoms with van der Waals surface area (Å²) in [6.45, 7) is 6.23. The summed E-state index contributed by atoms with van der Waals surface area (Å²) in [6.07, 6.45) is 7.01. The number of sulfonamides is 1. The Morgan fingerprint density at radius 3 is 2.51 bits per heavy atom. The number of nitrogen functional groups attached to an aromatic ring is 1. The molecule has 0 bridgehead atoms. The number of likely N-dealkylation sites (tertiary alicyclic amines) is 1. The van der Waals surface area contributed by atoms with Gasteiger partial charge in [0.2, 0.25) is 21.8 Å². The molecule has 1 aliphatic heterocycles. The number of carbonyl (C=O) groups excluding carboxylic acids is 2. The summed E-state index contributed by atoms with van der Waals surface area (Å²) < 4.78 is 30.5. The minimum Gasteiger partial charge on any atom is -0.384 e. The molecule has 1 fully saturated rings. The molecule has 0 aliphatic carbocycles. The first-order valence-electron chi connectivity index (χ1n) is 14.0. The third-order valence-corrected chi connectivity index (χ3v) is 8.87. The van der Waals surface area contributed by atoms with Gasteiger partial charge >= 0.3 is 0 Å². The molecular formula is C30H38N6O4S. The molecule has 4 rings (SSSR count). The smallest absolute Gasteiger partial charge is 0.244 e. The van der Waals surface area contributed by atoms with Crippen molar-refractivity contribution in [1.29, 1.82) is 0 Å². The number of hydrogen-bond acceptors (Lipinski definition) is 7. The fraction of sp³-hybridized carbons (Fsp3) is 0.400. The number of aromatic nitrogens is 2. The van der Waals surface area contributed by atoms with E-state index in [1.165, 1.54) is 12.4 Å². The van der Waals surface area contributed by atoms with Crippen molar-refractivity contribution in [2.45, 2.75) is 69.9 Å². The molecule has 2 aromatic heterocycles. The Hall–Kier alpha value is -3.83.